The molecule has 0 atom stereocenters. The van der Waals surface area contributed by atoms with E-state index in [1.165, 1.54) is 12.1 Å². The van der Waals surface area contributed by atoms with Crippen LogP contribution in [0.25, 0.3) is 0 Å². The maximum absolute atomic E-state index is 11.5. The van der Waals surface area contributed by atoms with E-state index in [4.69, 9.17) is 0 Å². The monoisotopic (exact) mass is 286 g/mol. The van der Waals surface area contributed by atoms with Crippen LogP contribution in [-0.2, 0) is 6.54 Å². The Hall–Kier alpha value is -2.69. The van der Waals surface area contributed by atoms with Crippen molar-refractivity contribution >= 4 is 11.6 Å². The van der Waals surface area contributed by atoms with Gasteiger partial charge in [0.2, 0.25) is 0 Å². The largest absolute Gasteiger partial charge is 0.504 e. The summed E-state index contributed by atoms with van der Waals surface area (Å²) in [5.74, 6) is -0.390. The zero-order chi connectivity index (χ0) is 15.4. The Morgan fingerprint density at radius 3 is 2.48 bits per heavy atom. The highest BCUT2D eigenvalue weighted by atomic mass is 16.3. The Bertz CT molecular complexity index is 669. The van der Waals surface area contributed by atoms with E-state index in [2.05, 4.69) is 10.6 Å². The number of carbonyl (C=O) groups excluding carboxylic acids is 1. The topological polar surface area (TPSA) is 81.6 Å². The van der Waals surface area contributed by atoms with Gasteiger partial charge in [0.1, 0.15) is 0 Å². The molecule has 0 saturated carbocycles. The smallest absolute Gasteiger partial charge is 0.251 e. The maximum Gasteiger partial charge on any atom is 0.251 e. The average molecular weight is 286 g/mol. The normalized spacial score (nSPS) is 10.2. The first-order valence-corrected chi connectivity index (χ1v) is 6.58. The minimum absolute atomic E-state index is 0.117. The number of hydrogen-bond donors (Lipinski definition) is 4. The molecule has 0 bridgehead atoms. The molecule has 2 rings (SSSR count). The molecule has 2 aromatic carbocycles. The number of benzene rings is 2. The van der Waals surface area contributed by atoms with Gasteiger partial charge in [-0.15, -0.1) is 0 Å². The minimum Gasteiger partial charge on any atom is -0.504 e. The van der Waals surface area contributed by atoms with Crippen molar-refractivity contribution in [2.24, 2.45) is 0 Å². The van der Waals surface area contributed by atoms with Crippen LogP contribution in [0, 0.1) is 6.92 Å². The van der Waals surface area contributed by atoms with E-state index in [0.29, 0.717) is 12.1 Å². The van der Waals surface area contributed by atoms with Crippen LogP contribution in [0.1, 0.15) is 21.5 Å². The van der Waals surface area contributed by atoms with Crippen molar-refractivity contribution in [2.45, 2.75) is 13.5 Å². The molecule has 0 radical (unpaired) electrons. The van der Waals surface area contributed by atoms with Gasteiger partial charge in [0, 0.05) is 24.8 Å². The van der Waals surface area contributed by atoms with Crippen molar-refractivity contribution in [3.8, 4) is 11.5 Å². The fourth-order valence-corrected chi connectivity index (χ4v) is 2.02. The van der Waals surface area contributed by atoms with Gasteiger partial charge in [-0.1, -0.05) is 6.07 Å². The van der Waals surface area contributed by atoms with Crippen LogP contribution in [0.3, 0.4) is 0 Å². The Kier molecular flexibility index (Phi) is 4.33. The standard InChI is InChI=1S/C16H18N2O3/c1-10-7-12(16(21)17-2)4-5-13(10)18-9-11-3-6-14(19)15(20)8-11/h3-8,18-20H,9H2,1-2H3,(H,17,21). The lowest BCUT2D eigenvalue weighted by molar-refractivity contribution is 0.0963. The molecule has 5 nitrogen and oxygen atoms in total. The molecule has 21 heavy (non-hydrogen) atoms. The highest BCUT2D eigenvalue weighted by Crippen LogP contribution is 2.25. The SMILES string of the molecule is CNC(=O)c1ccc(NCc2ccc(O)c(O)c2)c(C)c1. The number of rotatable bonds is 4. The number of phenols is 2. The second-order valence-electron chi connectivity index (χ2n) is 4.79. The first-order chi connectivity index (χ1) is 10.0. The van der Waals surface area contributed by atoms with Gasteiger partial charge in [0.25, 0.3) is 5.91 Å². The number of hydrogen-bond acceptors (Lipinski definition) is 4. The van der Waals surface area contributed by atoms with Crippen molar-refractivity contribution in [3.05, 3.63) is 53.1 Å². The van der Waals surface area contributed by atoms with Gasteiger partial charge in [0.05, 0.1) is 0 Å². The number of nitrogens with one attached hydrogen (secondary N) is 2. The van der Waals surface area contributed by atoms with E-state index in [1.54, 1.807) is 19.2 Å². The fraction of sp³-hybridized carbons (Fsp3) is 0.188. The van der Waals surface area contributed by atoms with Crippen molar-refractivity contribution in [1.29, 1.82) is 0 Å². The van der Waals surface area contributed by atoms with E-state index < -0.39 is 0 Å². The molecule has 0 aliphatic carbocycles. The summed E-state index contributed by atoms with van der Waals surface area (Å²) in [4.78, 5) is 11.5. The number of anilines is 1. The molecule has 4 N–H and O–H groups in total. The lowest BCUT2D eigenvalue weighted by Gasteiger charge is -2.11. The molecular formula is C16H18N2O3. The molecule has 0 unspecified atom stereocenters. The van der Waals surface area contributed by atoms with Crippen LogP contribution in [0.4, 0.5) is 5.69 Å². The van der Waals surface area contributed by atoms with E-state index >= 15 is 0 Å². The lowest BCUT2D eigenvalue weighted by Crippen LogP contribution is -2.17. The summed E-state index contributed by atoms with van der Waals surface area (Å²) in [6, 6.07) is 10.1. The first-order valence-electron chi connectivity index (χ1n) is 6.58. The lowest BCUT2D eigenvalue weighted by atomic mass is 10.1. The molecule has 0 heterocycles. The average Bonchev–Trinajstić information content (AvgIpc) is 2.48. The van der Waals surface area contributed by atoms with E-state index in [1.807, 2.05) is 19.1 Å². The van der Waals surface area contributed by atoms with Gasteiger partial charge < -0.3 is 20.8 Å². The van der Waals surface area contributed by atoms with Crippen molar-refractivity contribution in [3.63, 3.8) is 0 Å². The third-order valence-electron chi connectivity index (χ3n) is 3.24. The quantitative estimate of drug-likeness (QED) is 0.650. The van der Waals surface area contributed by atoms with Gasteiger partial charge in [0.15, 0.2) is 11.5 Å². The molecule has 110 valence electrons. The number of aromatic hydroxyl groups is 2. The van der Waals surface area contributed by atoms with E-state index in [0.717, 1.165) is 16.8 Å². The van der Waals surface area contributed by atoms with Gasteiger partial charge in [-0.3, -0.25) is 4.79 Å². The summed E-state index contributed by atoms with van der Waals surface area (Å²) in [6.07, 6.45) is 0. The molecule has 0 spiro atoms. The highest BCUT2D eigenvalue weighted by Gasteiger charge is 2.06. The number of amides is 1. The second kappa shape index (κ2) is 6.17. The molecule has 5 heteroatoms. The summed E-state index contributed by atoms with van der Waals surface area (Å²) >= 11 is 0. The third-order valence-corrected chi connectivity index (χ3v) is 3.24. The maximum atomic E-state index is 11.5. The molecule has 0 aliphatic rings. The van der Waals surface area contributed by atoms with Crippen LogP contribution in [0.15, 0.2) is 36.4 Å². The van der Waals surface area contributed by atoms with E-state index in [9.17, 15) is 15.0 Å². The highest BCUT2D eigenvalue weighted by molar-refractivity contribution is 5.94. The van der Waals surface area contributed by atoms with Gasteiger partial charge in [-0.05, 0) is 48.4 Å². The van der Waals surface area contributed by atoms with Crippen LogP contribution < -0.4 is 10.6 Å². The van der Waals surface area contributed by atoms with Crippen molar-refractivity contribution < 1.29 is 15.0 Å². The Morgan fingerprint density at radius 2 is 1.86 bits per heavy atom. The number of phenolic OH excluding ortho intramolecular Hbond substituents is 2. The second-order valence-corrected chi connectivity index (χ2v) is 4.79. The first kappa shape index (κ1) is 14.7. The summed E-state index contributed by atoms with van der Waals surface area (Å²) in [5, 5.41) is 24.5. The van der Waals surface area contributed by atoms with Gasteiger partial charge >= 0.3 is 0 Å². The zero-order valence-electron chi connectivity index (χ0n) is 12.0. The number of aryl methyl sites for hydroxylation is 1. The summed E-state index contributed by atoms with van der Waals surface area (Å²) < 4.78 is 0. The molecule has 0 aromatic heterocycles. The molecule has 2 aromatic rings. The summed E-state index contributed by atoms with van der Waals surface area (Å²) in [5.41, 5.74) is 3.33. The fourth-order valence-electron chi connectivity index (χ4n) is 2.02. The Balaban J connectivity index is 2.09. The third kappa shape index (κ3) is 3.45. The molecule has 0 aliphatic heterocycles. The summed E-state index contributed by atoms with van der Waals surface area (Å²) in [7, 11) is 1.60. The Labute approximate surface area is 123 Å². The molecule has 1 amide bonds. The summed E-state index contributed by atoms with van der Waals surface area (Å²) in [6.45, 7) is 2.43. The Morgan fingerprint density at radius 1 is 1.10 bits per heavy atom. The van der Waals surface area contributed by atoms with Gasteiger partial charge in [-0.2, -0.15) is 0 Å². The van der Waals surface area contributed by atoms with E-state index in [-0.39, 0.29) is 17.4 Å². The molecular weight excluding hydrogens is 268 g/mol. The number of carbonyl (C=O) groups is 1. The predicted octanol–water partition coefficient (Wildman–Crippen LogP) is 2.38. The molecule has 0 saturated heterocycles. The van der Waals surface area contributed by atoms with Crippen LogP contribution in [0.2, 0.25) is 0 Å². The predicted molar refractivity (Wildman–Crippen MR) is 81.7 cm³/mol. The van der Waals surface area contributed by atoms with Gasteiger partial charge in [-0.25, -0.2) is 0 Å². The van der Waals surface area contributed by atoms with Crippen molar-refractivity contribution in [1.82, 2.24) is 5.32 Å². The van der Waals surface area contributed by atoms with Crippen LogP contribution in [-0.4, -0.2) is 23.2 Å². The minimum atomic E-state index is -0.138. The van der Waals surface area contributed by atoms with Crippen LogP contribution in [0.5, 0.6) is 11.5 Å². The molecule has 0 fully saturated rings. The zero-order valence-corrected chi connectivity index (χ0v) is 12.0. The van der Waals surface area contributed by atoms with Crippen LogP contribution >= 0.6 is 0 Å². The van der Waals surface area contributed by atoms with Crippen molar-refractivity contribution in [2.75, 3.05) is 12.4 Å².